The van der Waals surface area contributed by atoms with Crippen molar-refractivity contribution >= 4 is 18.3 Å². The van der Waals surface area contributed by atoms with Gasteiger partial charge in [0, 0.05) is 32.8 Å². The summed E-state index contributed by atoms with van der Waals surface area (Å²) < 4.78 is 36.0. The van der Waals surface area contributed by atoms with Crippen molar-refractivity contribution in [3.05, 3.63) is 0 Å². The van der Waals surface area contributed by atoms with E-state index in [9.17, 15) is 14.4 Å². The van der Waals surface area contributed by atoms with Crippen molar-refractivity contribution in [2.24, 2.45) is 0 Å². The number of carbonyl (C=O) groups is 3. The van der Waals surface area contributed by atoms with Gasteiger partial charge in [-0.05, 0) is 66.7 Å². The fraction of sp³-hybridized carbons (Fsp3) is 0.923. The van der Waals surface area contributed by atoms with E-state index in [1.807, 2.05) is 34.6 Å². The van der Waals surface area contributed by atoms with E-state index in [-0.39, 0.29) is 36.4 Å². The quantitative estimate of drug-likeness (QED) is 0.0556. The zero-order chi connectivity index (χ0) is 35.8. The molecule has 0 aromatic rings. The summed E-state index contributed by atoms with van der Waals surface area (Å²) >= 11 is 0. The molecule has 0 aromatic carbocycles. The minimum atomic E-state index is -0.695. The summed E-state index contributed by atoms with van der Waals surface area (Å²) in [7, 11) is 0. The van der Waals surface area contributed by atoms with E-state index < -0.39 is 17.1 Å². The zero-order valence-corrected chi connectivity index (χ0v) is 31.8. The van der Waals surface area contributed by atoms with Crippen molar-refractivity contribution in [2.75, 3.05) is 19.8 Å². The van der Waals surface area contributed by atoms with E-state index in [2.05, 4.69) is 0 Å². The van der Waals surface area contributed by atoms with E-state index in [1.165, 1.54) is 71.1 Å². The van der Waals surface area contributed by atoms with Crippen LogP contribution in [0.15, 0.2) is 0 Å². The number of ether oxygens (including phenoxy) is 6. The van der Waals surface area contributed by atoms with Gasteiger partial charge in [0.25, 0.3) is 0 Å². The van der Waals surface area contributed by atoms with Crippen LogP contribution in [0.5, 0.6) is 0 Å². The van der Waals surface area contributed by atoms with Gasteiger partial charge in [-0.2, -0.15) is 0 Å². The van der Waals surface area contributed by atoms with Crippen molar-refractivity contribution in [3.63, 3.8) is 0 Å². The molecular weight excluding hydrogens is 626 g/mol. The van der Waals surface area contributed by atoms with E-state index in [1.54, 1.807) is 4.90 Å². The monoisotopic (exact) mass is 695 g/mol. The Hall–Kier alpha value is -1.75. The van der Waals surface area contributed by atoms with Crippen LogP contribution >= 0.6 is 0 Å². The highest BCUT2D eigenvalue weighted by Gasteiger charge is 2.54. The maximum absolute atomic E-state index is 12.8. The Bertz CT molecular complexity index is 982. The average molecular weight is 696 g/mol. The van der Waals surface area contributed by atoms with Crippen LogP contribution < -0.4 is 0 Å². The first kappa shape index (κ1) is 41.7. The SMILES string of the molecule is CC(=O)O[C@@H]1CC[C@]2(CCCCCCCCCCCCCCOC[C@@H]3COC(C)(C)N3C(=O)OC(C)(C)C)O[C@H]1[C@H](CCCCCC=O)O2. The van der Waals surface area contributed by atoms with Crippen LogP contribution in [0.2, 0.25) is 0 Å². The minimum Gasteiger partial charge on any atom is -0.460 e. The first-order chi connectivity index (χ1) is 23.4. The third-order valence-electron chi connectivity index (χ3n) is 9.96. The number of carbonyl (C=O) groups excluding carboxylic acids is 3. The van der Waals surface area contributed by atoms with E-state index in [0.29, 0.717) is 26.2 Å². The van der Waals surface area contributed by atoms with Crippen molar-refractivity contribution in [2.45, 2.75) is 211 Å². The highest BCUT2D eigenvalue weighted by atomic mass is 16.8. The Balaban J connectivity index is 1.16. The molecule has 2 bridgehead atoms. The van der Waals surface area contributed by atoms with Gasteiger partial charge in [0.1, 0.15) is 29.8 Å². The van der Waals surface area contributed by atoms with Gasteiger partial charge in [0.2, 0.25) is 0 Å². The van der Waals surface area contributed by atoms with Crippen LogP contribution in [0.1, 0.15) is 170 Å². The summed E-state index contributed by atoms with van der Waals surface area (Å²) in [6.45, 7) is 12.5. The lowest BCUT2D eigenvalue weighted by atomic mass is 9.94. The molecule has 0 aromatic heterocycles. The van der Waals surface area contributed by atoms with Gasteiger partial charge in [-0.15, -0.1) is 0 Å². The topological polar surface area (TPSA) is 110 Å². The van der Waals surface area contributed by atoms with Crippen LogP contribution in [-0.2, 0) is 38.0 Å². The molecule has 49 heavy (non-hydrogen) atoms. The maximum atomic E-state index is 12.8. The fourth-order valence-electron chi connectivity index (χ4n) is 7.48. The number of nitrogens with zero attached hydrogens (tertiary/aromatic N) is 1. The second-order valence-electron chi connectivity index (χ2n) is 16.0. The molecule has 284 valence electrons. The molecule has 3 fully saturated rings. The molecule has 10 nitrogen and oxygen atoms in total. The second kappa shape index (κ2) is 20.9. The van der Waals surface area contributed by atoms with Gasteiger partial charge < -0.3 is 33.2 Å². The number of fused-ring (bicyclic) bond motifs is 2. The highest BCUT2D eigenvalue weighted by molar-refractivity contribution is 5.69. The summed E-state index contributed by atoms with van der Waals surface area (Å²) in [5.74, 6) is -0.781. The lowest BCUT2D eigenvalue weighted by molar-refractivity contribution is -0.220. The smallest absolute Gasteiger partial charge is 0.412 e. The number of aldehydes is 1. The molecule has 0 saturated carbocycles. The number of unbranched alkanes of at least 4 members (excludes halogenated alkanes) is 14. The van der Waals surface area contributed by atoms with Gasteiger partial charge in [-0.3, -0.25) is 9.69 Å². The van der Waals surface area contributed by atoms with Crippen LogP contribution in [0.4, 0.5) is 4.79 Å². The molecule has 1 amide bonds. The minimum absolute atomic E-state index is 0.0416. The van der Waals surface area contributed by atoms with Gasteiger partial charge in [-0.25, -0.2) is 4.79 Å². The number of hydrogen-bond donors (Lipinski definition) is 0. The molecule has 5 atom stereocenters. The average Bonchev–Trinajstić information content (AvgIpc) is 3.49. The molecule has 0 unspecified atom stereocenters. The normalized spacial score (nSPS) is 26.2. The molecule has 3 aliphatic heterocycles. The Kier molecular flexibility index (Phi) is 17.8. The molecule has 0 N–H and O–H groups in total. The molecule has 0 aliphatic carbocycles. The first-order valence-corrected chi connectivity index (χ1v) is 19.6. The van der Waals surface area contributed by atoms with E-state index in [0.717, 1.165) is 64.1 Å². The van der Waals surface area contributed by atoms with Crippen molar-refractivity contribution in [1.29, 1.82) is 0 Å². The molecule has 3 saturated heterocycles. The summed E-state index contributed by atoms with van der Waals surface area (Å²) in [5.41, 5.74) is -1.24. The third kappa shape index (κ3) is 14.8. The molecule has 0 spiro atoms. The first-order valence-electron chi connectivity index (χ1n) is 19.6. The largest absolute Gasteiger partial charge is 0.460 e. The third-order valence-corrected chi connectivity index (χ3v) is 9.96. The van der Waals surface area contributed by atoms with Crippen molar-refractivity contribution in [3.8, 4) is 0 Å². The van der Waals surface area contributed by atoms with Crippen molar-refractivity contribution in [1.82, 2.24) is 4.90 Å². The number of amides is 1. The predicted molar refractivity (Wildman–Crippen MR) is 189 cm³/mol. The van der Waals surface area contributed by atoms with Gasteiger partial charge in [0.05, 0.1) is 25.4 Å². The number of esters is 1. The number of hydrogen-bond acceptors (Lipinski definition) is 9. The van der Waals surface area contributed by atoms with Crippen LogP contribution in [0, 0.1) is 0 Å². The predicted octanol–water partition coefficient (Wildman–Crippen LogP) is 8.80. The molecular formula is C39H69NO9. The van der Waals surface area contributed by atoms with Crippen molar-refractivity contribution < 1.29 is 42.8 Å². The molecule has 10 heteroatoms. The number of rotatable bonds is 24. The Labute approximate surface area is 297 Å². The standard InChI is InChI=1S/C39H69NO9/c1-31(42)46-33-24-26-39(47-34(35(33)48-39)23-19-15-17-21-27-41)25-20-16-13-11-9-7-8-10-12-14-18-22-28-44-29-32-30-45-38(5,6)40(32)36(43)49-37(2,3)4/h27,32-35H,7-26,28-30H2,1-6H3/t32-,33-,34+,35-,39+/m1/s1. The maximum Gasteiger partial charge on any atom is 0.412 e. The summed E-state index contributed by atoms with van der Waals surface area (Å²) in [5, 5.41) is 0. The lowest BCUT2D eigenvalue weighted by Crippen LogP contribution is -2.51. The lowest BCUT2D eigenvalue weighted by Gasteiger charge is -2.35. The molecule has 3 aliphatic rings. The Morgan fingerprint density at radius 2 is 1.47 bits per heavy atom. The molecule has 0 radical (unpaired) electrons. The van der Waals surface area contributed by atoms with Crippen LogP contribution in [0.25, 0.3) is 0 Å². The van der Waals surface area contributed by atoms with Gasteiger partial charge >= 0.3 is 12.1 Å². The van der Waals surface area contributed by atoms with Crippen LogP contribution in [0.3, 0.4) is 0 Å². The Morgan fingerprint density at radius 1 is 0.857 bits per heavy atom. The van der Waals surface area contributed by atoms with Gasteiger partial charge in [0.15, 0.2) is 5.79 Å². The summed E-state index contributed by atoms with van der Waals surface area (Å²) in [4.78, 5) is 36.7. The fourth-order valence-corrected chi connectivity index (χ4v) is 7.48. The zero-order valence-electron chi connectivity index (χ0n) is 31.8. The summed E-state index contributed by atoms with van der Waals surface area (Å²) in [6, 6.07) is -0.128. The van der Waals surface area contributed by atoms with E-state index >= 15 is 0 Å². The van der Waals surface area contributed by atoms with E-state index in [4.69, 9.17) is 28.4 Å². The Morgan fingerprint density at radius 3 is 2.08 bits per heavy atom. The van der Waals surface area contributed by atoms with Crippen LogP contribution in [-0.4, -0.2) is 84.5 Å². The molecule has 3 rings (SSSR count). The second-order valence-corrected chi connectivity index (χ2v) is 16.0. The van der Waals surface area contributed by atoms with Gasteiger partial charge in [-0.1, -0.05) is 77.0 Å². The summed E-state index contributed by atoms with van der Waals surface area (Å²) in [6.07, 6.45) is 21.8. The molecule has 3 heterocycles. The highest BCUT2D eigenvalue weighted by Crippen LogP contribution is 2.45.